The maximum absolute atomic E-state index is 14.5. The summed E-state index contributed by atoms with van der Waals surface area (Å²) in [4.78, 5) is 24.5. The third kappa shape index (κ3) is 5.35. The Morgan fingerprint density at radius 2 is 2.02 bits per heavy atom. The van der Waals surface area contributed by atoms with E-state index in [1.54, 1.807) is 35.2 Å². The Morgan fingerprint density at radius 3 is 2.67 bits per heavy atom. The van der Waals surface area contributed by atoms with Gasteiger partial charge in [-0.1, -0.05) is 23.7 Å². The van der Waals surface area contributed by atoms with Gasteiger partial charge in [-0.05, 0) is 44.4 Å². The first-order chi connectivity index (χ1) is 20.2. The molecule has 2 fully saturated rings. The number of amides is 1. The molecule has 5 heterocycles. The average Bonchev–Trinajstić information content (AvgIpc) is 3.38. The number of anilines is 1. The smallest absolute Gasteiger partial charge is 0.253 e. The average molecular weight is 589 g/mol. The van der Waals surface area contributed by atoms with Crippen molar-refractivity contribution < 1.29 is 13.9 Å². The van der Waals surface area contributed by atoms with Crippen LogP contribution in [-0.2, 0) is 0 Å². The van der Waals surface area contributed by atoms with Gasteiger partial charge in [0.2, 0.25) is 0 Å². The molecule has 10 nitrogen and oxygen atoms in total. The van der Waals surface area contributed by atoms with E-state index in [0.717, 1.165) is 18.4 Å². The molecule has 4 aromatic rings. The highest BCUT2D eigenvalue weighted by atomic mass is 35.5. The molecular weight excluding hydrogens is 559 g/mol. The van der Waals surface area contributed by atoms with Crippen molar-refractivity contribution in [2.45, 2.75) is 37.9 Å². The summed E-state index contributed by atoms with van der Waals surface area (Å²) in [5.41, 5.74) is 1.67. The van der Waals surface area contributed by atoms with Gasteiger partial charge in [-0.25, -0.2) is 13.9 Å². The molecule has 0 unspecified atom stereocenters. The number of alkyl halides is 1. The van der Waals surface area contributed by atoms with E-state index in [0.29, 0.717) is 57.6 Å². The lowest BCUT2D eigenvalue weighted by molar-refractivity contribution is 0.0345. The van der Waals surface area contributed by atoms with Crippen molar-refractivity contribution in [1.29, 1.82) is 5.26 Å². The highest BCUT2D eigenvalue weighted by molar-refractivity contribution is 6.34. The highest BCUT2D eigenvalue weighted by Gasteiger charge is 2.38. The molecule has 0 atom stereocenters. The minimum atomic E-state index is -1.40. The van der Waals surface area contributed by atoms with Crippen LogP contribution in [0.1, 0.15) is 41.3 Å². The number of benzene rings is 1. The molecule has 0 saturated carbocycles. The number of hydrogen-bond acceptors (Lipinski definition) is 8. The molecule has 42 heavy (non-hydrogen) atoms. The Bertz CT molecular complexity index is 1670. The van der Waals surface area contributed by atoms with Crippen molar-refractivity contribution in [3.8, 4) is 23.1 Å². The first-order valence-corrected chi connectivity index (χ1v) is 14.1. The lowest BCUT2D eigenvalue weighted by atomic mass is 9.89. The summed E-state index contributed by atoms with van der Waals surface area (Å²) in [5, 5.41) is 20.5. The van der Waals surface area contributed by atoms with E-state index >= 15 is 0 Å². The van der Waals surface area contributed by atoms with Gasteiger partial charge in [-0.15, -0.1) is 0 Å². The van der Waals surface area contributed by atoms with Crippen molar-refractivity contribution in [2.24, 2.45) is 0 Å². The number of ether oxygens (including phenoxy) is 1. The van der Waals surface area contributed by atoms with Crippen LogP contribution < -0.4 is 20.3 Å². The first-order valence-electron chi connectivity index (χ1n) is 13.8. The monoisotopic (exact) mass is 588 g/mol. The minimum absolute atomic E-state index is 0.0890. The van der Waals surface area contributed by atoms with Crippen molar-refractivity contribution >= 4 is 28.8 Å². The van der Waals surface area contributed by atoms with Crippen LogP contribution in [0.25, 0.3) is 16.8 Å². The molecule has 2 N–H and O–H groups in total. The highest BCUT2D eigenvalue weighted by Crippen LogP contribution is 2.32. The van der Waals surface area contributed by atoms with Gasteiger partial charge in [-0.3, -0.25) is 9.78 Å². The van der Waals surface area contributed by atoms with Gasteiger partial charge in [0.05, 0.1) is 52.1 Å². The molecular formula is C30H30ClFN8O2. The largest absolute Gasteiger partial charge is 0.489 e. The zero-order chi connectivity index (χ0) is 29.5. The number of hydrogen-bond donors (Lipinski definition) is 2. The SMILES string of the molecule is Cc1cccc(Cl)c1C(=O)NC1(C)CCN(c2cnc(-c3cc(OCC4(F)CNC4)cn4ncc(C#N)c34)cn2)CC1. The van der Waals surface area contributed by atoms with Crippen LogP contribution in [-0.4, -0.2) is 69.5 Å². The van der Waals surface area contributed by atoms with Crippen LogP contribution in [0.2, 0.25) is 5.02 Å². The number of halogens is 2. The van der Waals surface area contributed by atoms with Gasteiger partial charge in [-0.2, -0.15) is 10.4 Å². The molecule has 2 aliphatic rings. The number of nitriles is 1. The summed E-state index contributed by atoms with van der Waals surface area (Å²) in [6.45, 7) is 5.70. The second-order valence-corrected chi connectivity index (χ2v) is 11.7. The summed E-state index contributed by atoms with van der Waals surface area (Å²) in [5.74, 6) is 0.964. The van der Waals surface area contributed by atoms with E-state index in [9.17, 15) is 14.4 Å². The maximum atomic E-state index is 14.5. The predicted molar refractivity (Wildman–Crippen MR) is 157 cm³/mol. The van der Waals surface area contributed by atoms with E-state index in [1.165, 1.54) is 6.20 Å². The number of fused-ring (bicyclic) bond motifs is 1. The fourth-order valence-electron chi connectivity index (χ4n) is 5.40. The van der Waals surface area contributed by atoms with Crippen molar-refractivity contribution in [1.82, 2.24) is 30.2 Å². The molecule has 0 bridgehead atoms. The van der Waals surface area contributed by atoms with Crippen molar-refractivity contribution in [3.63, 3.8) is 0 Å². The number of nitrogens with zero attached hydrogens (tertiary/aromatic N) is 6. The van der Waals surface area contributed by atoms with Crippen LogP contribution in [0.15, 0.2) is 49.1 Å². The number of nitrogens with one attached hydrogen (secondary N) is 2. The molecule has 0 aliphatic carbocycles. The predicted octanol–water partition coefficient (Wildman–Crippen LogP) is 4.10. The van der Waals surface area contributed by atoms with Crippen LogP contribution in [0.5, 0.6) is 5.75 Å². The molecule has 2 aliphatic heterocycles. The second kappa shape index (κ2) is 10.9. The second-order valence-electron chi connectivity index (χ2n) is 11.3. The molecule has 3 aromatic heterocycles. The van der Waals surface area contributed by atoms with Crippen LogP contribution in [0, 0.1) is 18.3 Å². The standard InChI is InChI=1S/C30H30ClFN8O2/c1-19-4-3-5-23(31)26(19)28(41)38-29(2)6-8-39(9-7-29)25-14-35-24(13-36-25)22-10-21(42-18-30(32)16-34-17-30)15-40-27(22)20(11-33)12-37-40/h3-5,10,12-15,34H,6-9,16-18H2,1-2H3,(H,38,41). The Labute approximate surface area is 247 Å². The normalized spacial score (nSPS) is 17.4. The molecule has 6 rings (SSSR count). The summed E-state index contributed by atoms with van der Waals surface area (Å²) >= 11 is 6.31. The fraction of sp³-hybridized carbons (Fsp3) is 0.367. The van der Waals surface area contributed by atoms with E-state index in [-0.39, 0.29) is 31.1 Å². The zero-order valence-corrected chi connectivity index (χ0v) is 24.1. The minimum Gasteiger partial charge on any atom is -0.489 e. The van der Waals surface area contributed by atoms with Crippen LogP contribution >= 0.6 is 11.6 Å². The number of carbonyl (C=O) groups is 1. The van der Waals surface area contributed by atoms with Gasteiger partial charge in [0.15, 0.2) is 5.67 Å². The van der Waals surface area contributed by atoms with Gasteiger partial charge in [0.25, 0.3) is 5.91 Å². The van der Waals surface area contributed by atoms with E-state index < -0.39 is 5.67 Å². The lowest BCUT2D eigenvalue weighted by Gasteiger charge is -2.40. The molecule has 1 amide bonds. The van der Waals surface area contributed by atoms with Crippen molar-refractivity contribution in [2.75, 3.05) is 37.7 Å². The number of rotatable bonds is 7. The number of aromatic nitrogens is 4. The summed E-state index contributed by atoms with van der Waals surface area (Å²) in [7, 11) is 0. The summed E-state index contributed by atoms with van der Waals surface area (Å²) < 4.78 is 21.9. The maximum Gasteiger partial charge on any atom is 0.253 e. The summed E-state index contributed by atoms with van der Waals surface area (Å²) in [6.07, 6.45) is 7.91. The number of aryl methyl sites for hydroxylation is 1. The Morgan fingerprint density at radius 1 is 1.24 bits per heavy atom. The Balaban J connectivity index is 1.17. The molecule has 216 valence electrons. The number of carbonyl (C=O) groups excluding carboxylic acids is 1. The third-order valence-corrected chi connectivity index (χ3v) is 8.37. The molecule has 0 radical (unpaired) electrons. The third-order valence-electron chi connectivity index (χ3n) is 8.06. The zero-order valence-electron chi connectivity index (χ0n) is 23.3. The van der Waals surface area contributed by atoms with Crippen molar-refractivity contribution in [3.05, 3.63) is 70.8 Å². The quantitative estimate of drug-likeness (QED) is 0.331. The molecule has 12 heteroatoms. The van der Waals surface area contributed by atoms with E-state index in [1.807, 2.05) is 26.0 Å². The Kier molecular flexibility index (Phi) is 7.20. The fourth-order valence-corrected chi connectivity index (χ4v) is 5.71. The van der Waals surface area contributed by atoms with Gasteiger partial charge < -0.3 is 20.3 Å². The van der Waals surface area contributed by atoms with Gasteiger partial charge in [0, 0.05) is 37.3 Å². The molecule has 1 aromatic carbocycles. The van der Waals surface area contributed by atoms with Crippen LogP contribution in [0.4, 0.5) is 10.2 Å². The molecule has 2 saturated heterocycles. The van der Waals surface area contributed by atoms with Gasteiger partial charge in [0.1, 0.15) is 24.2 Å². The number of pyridine rings is 1. The number of piperidine rings is 1. The van der Waals surface area contributed by atoms with Gasteiger partial charge >= 0.3 is 0 Å². The van der Waals surface area contributed by atoms with E-state index in [4.69, 9.17) is 16.3 Å². The van der Waals surface area contributed by atoms with Crippen LogP contribution in [0.3, 0.4) is 0 Å². The lowest BCUT2D eigenvalue weighted by Crippen LogP contribution is -2.59. The molecule has 0 spiro atoms. The van der Waals surface area contributed by atoms with E-state index in [2.05, 4.69) is 36.7 Å². The first kappa shape index (κ1) is 27.9. The summed E-state index contributed by atoms with van der Waals surface area (Å²) in [6, 6.07) is 9.35. The Hall–Kier alpha value is -4.27. The topological polar surface area (TPSA) is 120 Å².